The lowest BCUT2D eigenvalue weighted by atomic mass is 10.0. The number of hydrogen-bond acceptors (Lipinski definition) is 0. The summed E-state index contributed by atoms with van der Waals surface area (Å²) in [6, 6.07) is 0. The van der Waals surface area contributed by atoms with Crippen LogP contribution >= 0.6 is 0 Å². The highest BCUT2D eigenvalue weighted by atomic mass is 19.4. The molecule has 0 aliphatic heterocycles. The van der Waals surface area contributed by atoms with Crippen molar-refractivity contribution in [1.82, 2.24) is 0 Å². The lowest BCUT2D eigenvalue weighted by Crippen LogP contribution is -2.23. The summed E-state index contributed by atoms with van der Waals surface area (Å²) < 4.78 is 36.2. The largest absolute Gasteiger partial charge is 0.394 e. The van der Waals surface area contributed by atoms with Crippen molar-refractivity contribution in [1.29, 1.82) is 0 Å². The Balaban J connectivity index is 0.000000561. The molecule has 0 radical (unpaired) electrons. The Labute approximate surface area is 72.2 Å². The van der Waals surface area contributed by atoms with E-state index in [0.717, 1.165) is 0 Å². The summed E-state index contributed by atoms with van der Waals surface area (Å²) in [6.45, 7) is 5.80. The molecule has 0 N–H and O–H groups in total. The normalized spacial score (nSPS) is 19.5. The topological polar surface area (TPSA) is 0 Å². The van der Waals surface area contributed by atoms with Gasteiger partial charge in [-0.05, 0) is 19.3 Å². The van der Waals surface area contributed by atoms with Crippen LogP contribution in [0, 0.1) is 5.41 Å². The predicted octanol–water partition coefficient (Wildman–Crippen LogP) is 4.16. The zero-order chi connectivity index (χ0) is 9.83. The second-order valence-electron chi connectivity index (χ2n) is 3.03. The van der Waals surface area contributed by atoms with Crippen molar-refractivity contribution in [2.75, 3.05) is 0 Å². The molecule has 0 aromatic carbocycles. The molecule has 0 aromatic heterocycles. The fraction of sp³-hybridized carbons (Fsp3) is 1.00. The predicted molar refractivity (Wildman–Crippen MR) is 44.0 cm³/mol. The zero-order valence-corrected chi connectivity index (χ0v) is 7.96. The van der Waals surface area contributed by atoms with Gasteiger partial charge in [-0.2, -0.15) is 13.2 Å². The maximum absolute atomic E-state index is 12.1. The van der Waals surface area contributed by atoms with Crippen molar-refractivity contribution < 1.29 is 13.2 Å². The van der Waals surface area contributed by atoms with E-state index in [1.807, 2.05) is 13.8 Å². The van der Waals surface area contributed by atoms with E-state index in [1.165, 1.54) is 0 Å². The Morgan fingerprint density at radius 2 is 1.58 bits per heavy atom. The van der Waals surface area contributed by atoms with E-state index in [-0.39, 0.29) is 0 Å². The van der Waals surface area contributed by atoms with Gasteiger partial charge in [0.25, 0.3) is 0 Å². The molecule has 1 aliphatic rings. The highest BCUT2D eigenvalue weighted by Crippen LogP contribution is 2.60. The highest BCUT2D eigenvalue weighted by Gasteiger charge is 2.61. The van der Waals surface area contributed by atoms with Gasteiger partial charge in [-0.25, -0.2) is 0 Å². The van der Waals surface area contributed by atoms with Crippen molar-refractivity contribution in [2.45, 2.75) is 52.6 Å². The monoisotopic (exact) mass is 182 g/mol. The van der Waals surface area contributed by atoms with Gasteiger partial charge >= 0.3 is 6.18 Å². The second kappa shape index (κ2) is 4.15. The molecule has 0 atom stereocenters. The molecule has 1 rings (SSSR count). The molecule has 0 nitrogen and oxygen atoms in total. The molecule has 1 fully saturated rings. The molecular weight excluding hydrogens is 165 g/mol. The Kier molecular flexibility index (Phi) is 4.08. The number of halogens is 3. The van der Waals surface area contributed by atoms with Crippen molar-refractivity contribution in [3.05, 3.63) is 0 Å². The van der Waals surface area contributed by atoms with Gasteiger partial charge < -0.3 is 0 Å². The van der Waals surface area contributed by atoms with Gasteiger partial charge in [0, 0.05) is 0 Å². The first-order chi connectivity index (χ1) is 5.52. The van der Waals surface area contributed by atoms with Gasteiger partial charge in [0.05, 0.1) is 5.41 Å². The molecule has 0 saturated heterocycles. The summed E-state index contributed by atoms with van der Waals surface area (Å²) in [7, 11) is 0. The minimum atomic E-state index is -3.94. The van der Waals surface area contributed by atoms with Crippen LogP contribution in [0.15, 0.2) is 0 Å². The van der Waals surface area contributed by atoms with E-state index in [9.17, 15) is 13.2 Å². The van der Waals surface area contributed by atoms with Crippen LogP contribution in [-0.4, -0.2) is 6.18 Å². The molecule has 0 aromatic rings. The molecule has 0 bridgehead atoms. The molecule has 0 amide bonds. The Hall–Kier alpha value is -0.210. The third-order valence-corrected chi connectivity index (χ3v) is 2.18. The Morgan fingerprint density at radius 3 is 1.67 bits per heavy atom. The van der Waals surface area contributed by atoms with Crippen LogP contribution in [0.5, 0.6) is 0 Å². The SMILES string of the molecule is CC.CCCC1(C(F)(F)F)CC1. The van der Waals surface area contributed by atoms with E-state index in [1.54, 1.807) is 6.92 Å². The summed E-state index contributed by atoms with van der Waals surface area (Å²) in [5.74, 6) is 0. The lowest BCUT2D eigenvalue weighted by molar-refractivity contribution is -0.188. The average molecular weight is 182 g/mol. The third kappa shape index (κ3) is 2.39. The Bertz CT molecular complexity index is 122. The van der Waals surface area contributed by atoms with Gasteiger partial charge in [-0.3, -0.25) is 0 Å². The average Bonchev–Trinajstić information content (AvgIpc) is 2.73. The van der Waals surface area contributed by atoms with E-state index >= 15 is 0 Å². The van der Waals surface area contributed by atoms with Crippen LogP contribution in [0.4, 0.5) is 13.2 Å². The molecular formula is C9H17F3. The summed E-state index contributed by atoms with van der Waals surface area (Å²) in [5, 5.41) is 0. The molecule has 74 valence electrons. The molecule has 1 aliphatic carbocycles. The molecule has 0 spiro atoms. The Morgan fingerprint density at radius 1 is 1.17 bits per heavy atom. The standard InChI is InChI=1S/C7H11F3.C2H6/c1-2-3-6(4-5-6)7(8,9)10;1-2/h2-5H2,1H3;1-2H3. The highest BCUT2D eigenvalue weighted by molar-refractivity contribution is 4.98. The fourth-order valence-electron chi connectivity index (χ4n) is 1.30. The summed E-state index contributed by atoms with van der Waals surface area (Å²) in [4.78, 5) is 0. The van der Waals surface area contributed by atoms with E-state index in [2.05, 4.69) is 0 Å². The van der Waals surface area contributed by atoms with Gasteiger partial charge in [0.2, 0.25) is 0 Å². The number of hydrogen-bond donors (Lipinski definition) is 0. The van der Waals surface area contributed by atoms with E-state index in [4.69, 9.17) is 0 Å². The van der Waals surface area contributed by atoms with E-state index < -0.39 is 11.6 Å². The van der Waals surface area contributed by atoms with E-state index in [0.29, 0.717) is 25.7 Å². The van der Waals surface area contributed by atoms with Crippen molar-refractivity contribution in [3.63, 3.8) is 0 Å². The summed E-state index contributed by atoms with van der Waals surface area (Å²) in [6.07, 6.45) is -2.28. The van der Waals surface area contributed by atoms with Crippen LogP contribution < -0.4 is 0 Å². The maximum Gasteiger partial charge on any atom is 0.394 e. The quantitative estimate of drug-likeness (QED) is 0.601. The van der Waals surface area contributed by atoms with Crippen LogP contribution in [0.25, 0.3) is 0 Å². The lowest BCUT2D eigenvalue weighted by Gasteiger charge is -2.17. The van der Waals surface area contributed by atoms with Crippen molar-refractivity contribution in [3.8, 4) is 0 Å². The second-order valence-corrected chi connectivity index (χ2v) is 3.03. The molecule has 0 heterocycles. The first-order valence-electron chi connectivity index (χ1n) is 4.58. The molecule has 3 heteroatoms. The fourth-order valence-corrected chi connectivity index (χ4v) is 1.30. The van der Waals surface area contributed by atoms with Gasteiger partial charge in [0.15, 0.2) is 0 Å². The van der Waals surface area contributed by atoms with Crippen LogP contribution in [-0.2, 0) is 0 Å². The van der Waals surface area contributed by atoms with Crippen LogP contribution in [0.2, 0.25) is 0 Å². The molecule has 1 saturated carbocycles. The van der Waals surface area contributed by atoms with Crippen LogP contribution in [0.1, 0.15) is 46.5 Å². The number of rotatable bonds is 2. The minimum absolute atomic E-state index is 0.316. The van der Waals surface area contributed by atoms with Crippen molar-refractivity contribution in [2.24, 2.45) is 5.41 Å². The molecule has 0 unspecified atom stereocenters. The zero-order valence-electron chi connectivity index (χ0n) is 7.96. The van der Waals surface area contributed by atoms with Gasteiger partial charge in [-0.1, -0.05) is 27.2 Å². The maximum atomic E-state index is 12.1. The van der Waals surface area contributed by atoms with Gasteiger partial charge in [0.1, 0.15) is 0 Å². The first-order valence-corrected chi connectivity index (χ1v) is 4.58. The minimum Gasteiger partial charge on any atom is -0.171 e. The van der Waals surface area contributed by atoms with Gasteiger partial charge in [-0.15, -0.1) is 0 Å². The molecule has 12 heavy (non-hydrogen) atoms. The third-order valence-electron chi connectivity index (χ3n) is 2.18. The van der Waals surface area contributed by atoms with Crippen molar-refractivity contribution >= 4 is 0 Å². The summed E-state index contributed by atoms with van der Waals surface area (Å²) in [5.41, 5.74) is -1.26. The first kappa shape index (κ1) is 11.8. The summed E-state index contributed by atoms with van der Waals surface area (Å²) >= 11 is 0. The number of alkyl halides is 3. The smallest absolute Gasteiger partial charge is 0.171 e. The van der Waals surface area contributed by atoms with Crippen LogP contribution in [0.3, 0.4) is 0 Å².